The predicted molar refractivity (Wildman–Crippen MR) is 249 cm³/mol. The average molecular weight is 768 g/mol. The Morgan fingerprint density at radius 3 is 1.73 bits per heavy atom. The molecule has 0 N–H and O–H groups in total. The molecule has 0 fully saturated rings. The lowest BCUT2D eigenvalue weighted by atomic mass is 9.82. The van der Waals surface area contributed by atoms with E-state index >= 15 is 0 Å². The lowest BCUT2D eigenvalue weighted by molar-refractivity contribution is 0.653. The van der Waals surface area contributed by atoms with Crippen LogP contribution in [-0.2, 0) is 5.41 Å². The second-order valence-corrected chi connectivity index (χ2v) is 16.8. The first-order valence-electron chi connectivity index (χ1n) is 20.7. The van der Waals surface area contributed by atoms with Gasteiger partial charge in [0.1, 0.15) is 22.3 Å². The monoisotopic (exact) mass is 767 g/mol. The Kier molecular flexibility index (Phi) is 6.78. The molecule has 0 saturated heterocycles. The highest BCUT2D eigenvalue weighted by Crippen LogP contribution is 2.53. The van der Waals surface area contributed by atoms with Gasteiger partial charge in [-0.15, -0.1) is 0 Å². The largest absolute Gasteiger partial charge is 0.455 e. The molecule has 3 heteroatoms. The maximum atomic E-state index is 6.95. The van der Waals surface area contributed by atoms with Gasteiger partial charge in [-0.25, -0.2) is 0 Å². The van der Waals surface area contributed by atoms with E-state index in [0.29, 0.717) is 0 Å². The summed E-state index contributed by atoms with van der Waals surface area (Å²) in [4.78, 5) is 0. The van der Waals surface area contributed by atoms with Crippen molar-refractivity contribution in [1.29, 1.82) is 0 Å². The quantitative estimate of drug-likeness (QED) is 0.179. The first-order chi connectivity index (χ1) is 29.5. The van der Waals surface area contributed by atoms with E-state index in [1.54, 1.807) is 0 Å². The third kappa shape index (κ3) is 4.60. The minimum Gasteiger partial charge on any atom is -0.455 e. The summed E-state index contributed by atoms with van der Waals surface area (Å²) in [5.41, 5.74) is 19.1. The molecule has 0 bridgehead atoms. The SMILES string of the molecule is CC1(C)c2ccccc2-c2c1ccc1c2oc2c(-c3ccc(-c4ccc5c(c4)c4cc(-c6cccc7c6oc6ccccc67)ccc4n5-c4ccccc4)cc3)cccc21. The molecule has 0 amide bonds. The molecule has 0 unspecified atom stereocenters. The molecule has 0 aliphatic heterocycles. The van der Waals surface area contributed by atoms with E-state index in [4.69, 9.17) is 8.83 Å². The smallest absolute Gasteiger partial charge is 0.143 e. The van der Waals surface area contributed by atoms with Crippen molar-refractivity contribution in [3.8, 4) is 50.2 Å². The minimum atomic E-state index is -0.0797. The summed E-state index contributed by atoms with van der Waals surface area (Å²) in [5, 5.41) is 6.99. The molecule has 3 aromatic heterocycles. The maximum Gasteiger partial charge on any atom is 0.143 e. The number of fused-ring (bicyclic) bond motifs is 13. The van der Waals surface area contributed by atoms with Gasteiger partial charge in [-0.2, -0.15) is 0 Å². The van der Waals surface area contributed by atoms with Gasteiger partial charge in [-0.1, -0.05) is 159 Å². The van der Waals surface area contributed by atoms with Crippen LogP contribution < -0.4 is 0 Å². The molecule has 3 heterocycles. The Hall–Kier alpha value is -7.62. The van der Waals surface area contributed by atoms with Gasteiger partial charge in [0.15, 0.2) is 0 Å². The molecule has 3 nitrogen and oxygen atoms in total. The average Bonchev–Trinajstić information content (AvgIpc) is 4.03. The van der Waals surface area contributed by atoms with Crippen molar-refractivity contribution in [1.82, 2.24) is 4.57 Å². The van der Waals surface area contributed by atoms with Crippen LogP contribution in [0.3, 0.4) is 0 Å². The summed E-state index contributed by atoms with van der Waals surface area (Å²) in [5.74, 6) is 0. The summed E-state index contributed by atoms with van der Waals surface area (Å²) < 4.78 is 15.8. The van der Waals surface area contributed by atoms with E-state index in [9.17, 15) is 0 Å². The van der Waals surface area contributed by atoms with Crippen LogP contribution in [0.25, 0.3) is 116 Å². The van der Waals surface area contributed by atoms with Gasteiger partial charge in [0.05, 0.1) is 11.0 Å². The third-order valence-corrected chi connectivity index (χ3v) is 13.2. The summed E-state index contributed by atoms with van der Waals surface area (Å²) in [6.07, 6.45) is 0. The van der Waals surface area contributed by atoms with Crippen molar-refractivity contribution in [2.24, 2.45) is 0 Å². The number of para-hydroxylation sites is 4. The Bertz CT molecular complexity index is 3730. The van der Waals surface area contributed by atoms with Crippen molar-refractivity contribution >= 4 is 65.7 Å². The number of nitrogens with zero attached hydrogens (tertiary/aromatic N) is 1. The second kappa shape index (κ2) is 12.2. The minimum absolute atomic E-state index is 0.0797. The zero-order valence-electron chi connectivity index (χ0n) is 33.2. The van der Waals surface area contributed by atoms with Crippen LogP contribution in [0.4, 0.5) is 0 Å². The Labute approximate surface area is 346 Å². The normalized spacial score (nSPS) is 13.3. The molecule has 1 aliphatic rings. The van der Waals surface area contributed by atoms with E-state index in [-0.39, 0.29) is 5.41 Å². The van der Waals surface area contributed by atoms with Crippen LogP contribution in [0.2, 0.25) is 0 Å². The predicted octanol–water partition coefficient (Wildman–Crippen LogP) is 15.9. The number of aromatic nitrogens is 1. The molecule has 0 atom stereocenters. The van der Waals surface area contributed by atoms with Crippen LogP contribution >= 0.6 is 0 Å². The second-order valence-electron chi connectivity index (χ2n) is 16.8. The molecule has 0 radical (unpaired) electrons. The number of hydrogen-bond donors (Lipinski definition) is 0. The van der Waals surface area contributed by atoms with Gasteiger partial charge in [0.25, 0.3) is 0 Å². The van der Waals surface area contributed by atoms with Gasteiger partial charge in [0.2, 0.25) is 0 Å². The molecule has 13 rings (SSSR count). The van der Waals surface area contributed by atoms with Crippen molar-refractivity contribution in [3.05, 3.63) is 199 Å². The summed E-state index contributed by atoms with van der Waals surface area (Å²) in [6, 6.07) is 68.0. The molecule has 9 aromatic carbocycles. The van der Waals surface area contributed by atoms with Crippen LogP contribution in [0.5, 0.6) is 0 Å². The Morgan fingerprint density at radius 1 is 0.367 bits per heavy atom. The molecule has 1 aliphatic carbocycles. The van der Waals surface area contributed by atoms with Crippen LogP contribution in [0.1, 0.15) is 25.0 Å². The van der Waals surface area contributed by atoms with Crippen LogP contribution in [-0.4, -0.2) is 4.57 Å². The van der Waals surface area contributed by atoms with E-state index < -0.39 is 0 Å². The fourth-order valence-electron chi connectivity index (χ4n) is 10.3. The highest BCUT2D eigenvalue weighted by atomic mass is 16.3. The number of hydrogen-bond acceptors (Lipinski definition) is 2. The first-order valence-corrected chi connectivity index (χ1v) is 20.7. The standard InChI is InChI=1S/C57H37NO2/c1-57(2)48-20-8-6-15-45(48)53-49(57)29-28-44-43-19-10-16-39(55(43)60-56(44)53)35-24-22-34(23-25-35)36-26-30-50-46(32-36)47-33-37(27-31-51(47)58(50)38-12-4-3-5-13-38)40-17-11-18-42-41-14-7-9-21-52(41)59-54(40)42/h3-33H,1-2H3. The fourth-order valence-corrected chi connectivity index (χ4v) is 10.3. The lowest BCUT2D eigenvalue weighted by Crippen LogP contribution is -2.14. The summed E-state index contributed by atoms with van der Waals surface area (Å²) in [6.45, 7) is 4.64. The van der Waals surface area contributed by atoms with Gasteiger partial charge >= 0.3 is 0 Å². The number of furan rings is 2. The van der Waals surface area contributed by atoms with Gasteiger partial charge in [0, 0.05) is 60.1 Å². The fraction of sp³-hybridized carbons (Fsp3) is 0.0526. The summed E-state index contributed by atoms with van der Waals surface area (Å²) >= 11 is 0. The number of rotatable bonds is 4. The first kappa shape index (κ1) is 33.4. The highest BCUT2D eigenvalue weighted by molar-refractivity contribution is 6.16. The number of benzene rings is 9. The van der Waals surface area contributed by atoms with Crippen LogP contribution in [0, 0.1) is 0 Å². The van der Waals surface area contributed by atoms with E-state index in [1.807, 2.05) is 12.1 Å². The van der Waals surface area contributed by atoms with E-state index in [2.05, 4.69) is 194 Å². The molecule has 0 spiro atoms. The highest BCUT2D eigenvalue weighted by Gasteiger charge is 2.37. The maximum absolute atomic E-state index is 6.95. The molecule has 0 saturated carbocycles. The van der Waals surface area contributed by atoms with Gasteiger partial charge in [-0.05, 0) is 81.4 Å². The van der Waals surface area contributed by atoms with Crippen molar-refractivity contribution in [2.75, 3.05) is 0 Å². The molecule has 12 aromatic rings. The third-order valence-electron chi connectivity index (χ3n) is 13.2. The Balaban J connectivity index is 0.939. The molecular weight excluding hydrogens is 731 g/mol. The Morgan fingerprint density at radius 2 is 0.933 bits per heavy atom. The van der Waals surface area contributed by atoms with Gasteiger partial charge in [-0.3, -0.25) is 0 Å². The lowest BCUT2D eigenvalue weighted by Gasteiger charge is -2.21. The van der Waals surface area contributed by atoms with Crippen molar-refractivity contribution < 1.29 is 8.83 Å². The topological polar surface area (TPSA) is 31.2 Å². The van der Waals surface area contributed by atoms with E-state index in [0.717, 1.165) is 77.4 Å². The zero-order valence-corrected chi connectivity index (χ0v) is 33.2. The zero-order chi connectivity index (χ0) is 39.7. The van der Waals surface area contributed by atoms with Crippen LogP contribution in [0.15, 0.2) is 197 Å². The van der Waals surface area contributed by atoms with Crippen molar-refractivity contribution in [3.63, 3.8) is 0 Å². The summed E-state index contributed by atoms with van der Waals surface area (Å²) in [7, 11) is 0. The van der Waals surface area contributed by atoms with E-state index in [1.165, 1.54) is 49.6 Å². The van der Waals surface area contributed by atoms with Crippen molar-refractivity contribution in [2.45, 2.75) is 19.3 Å². The molecule has 282 valence electrons. The molecular formula is C57H37NO2. The van der Waals surface area contributed by atoms with Gasteiger partial charge < -0.3 is 13.4 Å². The molecule has 60 heavy (non-hydrogen) atoms.